The third kappa shape index (κ3) is 5.28. The van der Waals surface area contributed by atoms with Crippen LogP contribution in [0.25, 0.3) is 6.08 Å². The van der Waals surface area contributed by atoms with E-state index in [2.05, 4.69) is 4.99 Å². The van der Waals surface area contributed by atoms with Crippen LogP contribution < -0.4 is 9.47 Å². The van der Waals surface area contributed by atoms with Crippen LogP contribution in [-0.2, 0) is 14.4 Å². The molecule has 2 aromatic rings. The Morgan fingerprint density at radius 3 is 2.30 bits per heavy atom. The van der Waals surface area contributed by atoms with Crippen molar-refractivity contribution in [2.45, 2.75) is 13.8 Å². The molecule has 0 bridgehead atoms. The summed E-state index contributed by atoms with van der Waals surface area (Å²) >= 11 is 7.11. The zero-order valence-corrected chi connectivity index (χ0v) is 17.9. The van der Waals surface area contributed by atoms with Crippen molar-refractivity contribution in [2.24, 2.45) is 4.99 Å². The van der Waals surface area contributed by atoms with Crippen molar-refractivity contribution in [2.75, 3.05) is 7.05 Å². The lowest BCUT2D eigenvalue weighted by Crippen LogP contribution is -2.23. The van der Waals surface area contributed by atoms with Crippen LogP contribution in [0.4, 0.5) is 5.69 Å². The molecule has 7 nitrogen and oxygen atoms in total. The second-order valence-corrected chi connectivity index (χ2v) is 7.68. The summed E-state index contributed by atoms with van der Waals surface area (Å²) in [7, 11) is 1.64. The first-order valence-corrected chi connectivity index (χ1v) is 9.95. The van der Waals surface area contributed by atoms with E-state index in [-0.39, 0.29) is 17.4 Å². The highest BCUT2D eigenvalue weighted by atomic mass is 35.5. The number of halogens is 1. The Hall–Kier alpha value is -3.10. The fourth-order valence-electron chi connectivity index (χ4n) is 2.52. The molecule has 2 aromatic carbocycles. The Labute approximate surface area is 182 Å². The molecule has 30 heavy (non-hydrogen) atoms. The van der Waals surface area contributed by atoms with E-state index in [0.29, 0.717) is 26.3 Å². The second-order valence-electron chi connectivity index (χ2n) is 6.24. The third-order valence-corrected chi connectivity index (χ3v) is 5.14. The van der Waals surface area contributed by atoms with Gasteiger partial charge in [-0.25, -0.2) is 4.99 Å². The van der Waals surface area contributed by atoms with E-state index in [1.807, 2.05) is 0 Å². The van der Waals surface area contributed by atoms with Gasteiger partial charge < -0.3 is 9.47 Å². The average Bonchev–Trinajstić information content (AvgIpc) is 2.93. The number of likely N-dealkylation sites (N-methyl/N-ethyl adjacent to an activating group) is 1. The molecule has 0 unspecified atom stereocenters. The van der Waals surface area contributed by atoms with Crippen LogP contribution in [-0.4, -0.2) is 35.0 Å². The summed E-state index contributed by atoms with van der Waals surface area (Å²) < 4.78 is 10.2. The molecule has 1 aliphatic rings. The number of carbonyl (C=O) groups excluding carboxylic acids is 3. The molecule has 1 heterocycles. The van der Waals surface area contributed by atoms with Gasteiger partial charge >= 0.3 is 11.9 Å². The van der Waals surface area contributed by atoms with Crippen molar-refractivity contribution < 1.29 is 23.9 Å². The molecule has 1 saturated heterocycles. The Kier molecular flexibility index (Phi) is 6.59. The highest BCUT2D eigenvalue weighted by Gasteiger charge is 2.30. The number of thioether (sulfide) groups is 1. The Balaban J connectivity index is 1.90. The van der Waals surface area contributed by atoms with Crippen LogP contribution in [0.1, 0.15) is 19.4 Å². The van der Waals surface area contributed by atoms with Crippen molar-refractivity contribution in [3.63, 3.8) is 0 Å². The van der Waals surface area contributed by atoms with Gasteiger partial charge in [-0.05, 0) is 59.8 Å². The standard InChI is InChI=1S/C21H17ClN2O5S/c1-12(25)28-17-9-4-14(10-18(17)29-13(2)26)11-19-20(27)24(3)21(30-19)23-16-7-5-15(22)6-8-16/h4-11H,1-3H3. The number of carbonyl (C=O) groups is 3. The SMILES string of the molecule is CC(=O)Oc1ccc(C=C2SC(=Nc3ccc(Cl)cc3)N(C)C2=O)cc1OC(C)=O. The number of amidine groups is 1. The van der Waals surface area contributed by atoms with Gasteiger partial charge in [0.15, 0.2) is 16.7 Å². The fourth-order valence-corrected chi connectivity index (χ4v) is 3.63. The van der Waals surface area contributed by atoms with Crippen molar-refractivity contribution >= 4 is 58.1 Å². The largest absolute Gasteiger partial charge is 0.423 e. The molecule has 1 amide bonds. The molecule has 3 rings (SSSR count). The lowest BCUT2D eigenvalue weighted by molar-refractivity contribution is -0.134. The lowest BCUT2D eigenvalue weighted by atomic mass is 10.2. The van der Waals surface area contributed by atoms with Crippen LogP contribution >= 0.6 is 23.4 Å². The molecule has 0 saturated carbocycles. The van der Waals surface area contributed by atoms with E-state index < -0.39 is 11.9 Å². The van der Waals surface area contributed by atoms with Gasteiger partial charge in [0.1, 0.15) is 0 Å². The van der Waals surface area contributed by atoms with Gasteiger partial charge in [0.2, 0.25) is 0 Å². The summed E-state index contributed by atoms with van der Waals surface area (Å²) in [5.74, 6) is -1.11. The zero-order chi connectivity index (χ0) is 21.8. The number of amides is 1. The maximum atomic E-state index is 12.6. The predicted octanol–water partition coefficient (Wildman–Crippen LogP) is 4.42. The minimum absolute atomic E-state index is 0.0888. The van der Waals surface area contributed by atoms with E-state index in [1.54, 1.807) is 43.5 Å². The van der Waals surface area contributed by atoms with E-state index in [4.69, 9.17) is 21.1 Å². The normalized spacial score (nSPS) is 16.3. The Morgan fingerprint density at radius 1 is 1.03 bits per heavy atom. The number of esters is 2. The number of hydrogen-bond acceptors (Lipinski definition) is 7. The van der Waals surface area contributed by atoms with E-state index in [9.17, 15) is 14.4 Å². The van der Waals surface area contributed by atoms with E-state index >= 15 is 0 Å². The number of aliphatic imine (C=N–C) groups is 1. The molecule has 1 aliphatic heterocycles. The molecular weight excluding hydrogens is 428 g/mol. The van der Waals surface area contributed by atoms with Crippen LogP contribution in [0.15, 0.2) is 52.4 Å². The number of ether oxygens (including phenoxy) is 2. The van der Waals surface area contributed by atoms with E-state index in [0.717, 1.165) is 0 Å². The summed E-state index contributed by atoms with van der Waals surface area (Å²) in [6.07, 6.45) is 1.65. The average molecular weight is 445 g/mol. The minimum Gasteiger partial charge on any atom is -0.423 e. The lowest BCUT2D eigenvalue weighted by Gasteiger charge is -2.09. The molecule has 0 aromatic heterocycles. The molecule has 0 aliphatic carbocycles. The highest BCUT2D eigenvalue weighted by molar-refractivity contribution is 8.18. The van der Waals surface area contributed by atoms with Crippen molar-refractivity contribution in [3.05, 3.63) is 58.0 Å². The number of rotatable bonds is 4. The van der Waals surface area contributed by atoms with Gasteiger partial charge in [-0.1, -0.05) is 17.7 Å². The van der Waals surface area contributed by atoms with Gasteiger partial charge in [-0.3, -0.25) is 19.3 Å². The number of nitrogens with zero attached hydrogens (tertiary/aromatic N) is 2. The summed E-state index contributed by atoms with van der Waals surface area (Å²) in [6, 6.07) is 11.6. The molecule has 1 fully saturated rings. The summed E-state index contributed by atoms with van der Waals surface area (Å²) in [5, 5.41) is 1.12. The molecule has 0 spiro atoms. The first-order chi connectivity index (χ1) is 14.2. The minimum atomic E-state index is -0.559. The zero-order valence-electron chi connectivity index (χ0n) is 16.3. The summed E-state index contributed by atoms with van der Waals surface area (Å²) in [6.45, 7) is 2.49. The maximum absolute atomic E-state index is 12.6. The quantitative estimate of drug-likeness (QED) is 0.394. The highest BCUT2D eigenvalue weighted by Crippen LogP contribution is 2.35. The fraction of sp³-hybridized carbons (Fsp3) is 0.143. The van der Waals surface area contributed by atoms with Crippen LogP contribution in [0.2, 0.25) is 5.02 Å². The molecular formula is C21H17ClN2O5S. The predicted molar refractivity (Wildman–Crippen MR) is 116 cm³/mol. The van der Waals surface area contributed by atoms with Crippen molar-refractivity contribution in [1.29, 1.82) is 0 Å². The van der Waals surface area contributed by atoms with Gasteiger partial charge in [-0.2, -0.15) is 0 Å². The van der Waals surface area contributed by atoms with Gasteiger partial charge in [0.25, 0.3) is 5.91 Å². The maximum Gasteiger partial charge on any atom is 0.308 e. The van der Waals surface area contributed by atoms with Gasteiger partial charge in [0, 0.05) is 25.9 Å². The molecule has 154 valence electrons. The molecule has 9 heteroatoms. The number of benzene rings is 2. The smallest absolute Gasteiger partial charge is 0.308 e. The molecule has 0 atom stereocenters. The first kappa shape index (κ1) is 21.6. The number of hydrogen-bond donors (Lipinski definition) is 0. The monoisotopic (exact) mass is 444 g/mol. The van der Waals surface area contributed by atoms with E-state index in [1.165, 1.54) is 42.6 Å². The van der Waals surface area contributed by atoms with Crippen LogP contribution in [0.3, 0.4) is 0 Å². The van der Waals surface area contributed by atoms with Crippen LogP contribution in [0, 0.1) is 0 Å². The third-order valence-electron chi connectivity index (χ3n) is 3.83. The topological polar surface area (TPSA) is 85.3 Å². The summed E-state index contributed by atoms with van der Waals surface area (Å²) in [5.41, 5.74) is 1.27. The molecule has 0 N–H and O–H groups in total. The Morgan fingerprint density at radius 2 is 1.67 bits per heavy atom. The van der Waals surface area contributed by atoms with Crippen molar-refractivity contribution in [3.8, 4) is 11.5 Å². The van der Waals surface area contributed by atoms with Gasteiger partial charge in [-0.15, -0.1) is 0 Å². The van der Waals surface area contributed by atoms with Gasteiger partial charge in [0.05, 0.1) is 10.6 Å². The van der Waals surface area contributed by atoms with Crippen molar-refractivity contribution in [1.82, 2.24) is 4.90 Å². The summed E-state index contributed by atoms with van der Waals surface area (Å²) in [4.78, 5) is 41.6. The second kappa shape index (κ2) is 9.15. The first-order valence-electron chi connectivity index (χ1n) is 8.75. The Bertz CT molecular complexity index is 1080. The van der Waals surface area contributed by atoms with Crippen LogP contribution in [0.5, 0.6) is 11.5 Å². The molecule has 0 radical (unpaired) electrons.